The van der Waals surface area contributed by atoms with Crippen LogP contribution in [0.3, 0.4) is 0 Å². The maximum absolute atomic E-state index is 13.7. The van der Waals surface area contributed by atoms with E-state index in [4.69, 9.17) is 5.73 Å². The van der Waals surface area contributed by atoms with E-state index < -0.39 is 17.2 Å². The molecule has 0 aliphatic heterocycles. The summed E-state index contributed by atoms with van der Waals surface area (Å²) in [6, 6.07) is 2.42. The Balaban J connectivity index is 2.24. The number of nitrogens with two attached hydrogens (primary N) is 1. The highest BCUT2D eigenvalue weighted by Crippen LogP contribution is 2.32. The minimum absolute atomic E-state index is 0.154. The number of rotatable bonds is 3. The quantitative estimate of drug-likeness (QED) is 0.873. The van der Waals surface area contributed by atoms with Crippen molar-refractivity contribution in [1.82, 2.24) is 0 Å². The Kier molecular flexibility index (Phi) is 3.32. The average Bonchev–Trinajstić information content (AvgIpc) is 2.26. The van der Waals surface area contributed by atoms with Gasteiger partial charge in [-0.1, -0.05) is 0 Å². The molecule has 0 atom stereocenters. The maximum Gasteiger partial charge on any atom is 0.157 e. The van der Waals surface area contributed by atoms with Crippen molar-refractivity contribution < 1.29 is 13.6 Å². The molecule has 0 spiro atoms. The van der Waals surface area contributed by atoms with Crippen molar-refractivity contribution in [3.8, 4) is 0 Å². The van der Waals surface area contributed by atoms with Crippen molar-refractivity contribution in [3.05, 3.63) is 33.8 Å². The van der Waals surface area contributed by atoms with E-state index in [0.29, 0.717) is 12.8 Å². The van der Waals surface area contributed by atoms with Gasteiger partial charge in [0.15, 0.2) is 5.78 Å². The third kappa shape index (κ3) is 2.26. The first-order valence-corrected chi connectivity index (χ1v) is 6.18. The summed E-state index contributed by atoms with van der Waals surface area (Å²) >= 11 is 2.97. The molecule has 1 aliphatic rings. The van der Waals surface area contributed by atoms with E-state index in [1.807, 2.05) is 0 Å². The second-order valence-corrected chi connectivity index (χ2v) is 5.29. The molecule has 2 nitrogen and oxygen atoms in total. The van der Waals surface area contributed by atoms with Gasteiger partial charge in [-0.05, 0) is 47.3 Å². The lowest BCUT2D eigenvalue weighted by Crippen LogP contribution is -2.54. The molecule has 5 heteroatoms. The van der Waals surface area contributed by atoms with Gasteiger partial charge in [0.2, 0.25) is 0 Å². The lowest BCUT2D eigenvalue weighted by atomic mass is 9.73. The van der Waals surface area contributed by atoms with Crippen molar-refractivity contribution in [2.45, 2.75) is 31.2 Å². The molecular formula is C12H12BrF2NO. The van der Waals surface area contributed by atoms with Crippen LogP contribution in [0.2, 0.25) is 0 Å². The maximum atomic E-state index is 13.7. The Morgan fingerprint density at radius 1 is 1.41 bits per heavy atom. The molecule has 0 bridgehead atoms. The fraction of sp³-hybridized carbons (Fsp3) is 0.417. The van der Waals surface area contributed by atoms with E-state index >= 15 is 0 Å². The second kappa shape index (κ2) is 4.46. The van der Waals surface area contributed by atoms with Crippen LogP contribution >= 0.6 is 15.9 Å². The van der Waals surface area contributed by atoms with E-state index in [9.17, 15) is 13.6 Å². The highest BCUT2D eigenvalue weighted by molar-refractivity contribution is 9.10. The Labute approximate surface area is 106 Å². The van der Waals surface area contributed by atoms with Gasteiger partial charge in [-0.15, -0.1) is 0 Å². The summed E-state index contributed by atoms with van der Waals surface area (Å²) in [5.74, 6) is -1.72. The number of benzene rings is 1. The van der Waals surface area contributed by atoms with Gasteiger partial charge in [-0.3, -0.25) is 4.79 Å². The number of carbonyl (C=O) groups is 1. The van der Waals surface area contributed by atoms with E-state index in [-0.39, 0.29) is 22.2 Å². The standard InChI is InChI=1S/C12H12BrF2NO/c13-8-2-3-9(14)7(11(8)15)6-10(17)12(16)4-1-5-12/h2-3H,1,4-6,16H2. The minimum Gasteiger partial charge on any atom is -0.319 e. The number of halogens is 3. The van der Waals surface area contributed by atoms with Crippen LogP contribution in [0.25, 0.3) is 0 Å². The van der Waals surface area contributed by atoms with Crippen LogP contribution in [-0.4, -0.2) is 11.3 Å². The molecule has 1 aromatic carbocycles. The van der Waals surface area contributed by atoms with Gasteiger partial charge in [-0.2, -0.15) is 0 Å². The molecule has 2 rings (SSSR count). The lowest BCUT2D eigenvalue weighted by Gasteiger charge is -2.36. The van der Waals surface area contributed by atoms with Crippen LogP contribution in [0.15, 0.2) is 16.6 Å². The molecule has 0 unspecified atom stereocenters. The molecule has 92 valence electrons. The molecule has 0 heterocycles. The van der Waals surface area contributed by atoms with Gasteiger partial charge < -0.3 is 5.73 Å². The van der Waals surface area contributed by atoms with Crippen molar-refractivity contribution in [2.24, 2.45) is 5.73 Å². The molecular weight excluding hydrogens is 292 g/mol. The summed E-state index contributed by atoms with van der Waals surface area (Å²) in [6.07, 6.45) is 1.81. The summed E-state index contributed by atoms with van der Waals surface area (Å²) in [7, 11) is 0. The van der Waals surface area contributed by atoms with Gasteiger partial charge >= 0.3 is 0 Å². The normalized spacial score (nSPS) is 17.6. The number of Topliss-reactive ketones (excluding diaryl/α,β-unsaturated/α-hetero) is 1. The molecule has 2 N–H and O–H groups in total. The van der Waals surface area contributed by atoms with Crippen molar-refractivity contribution in [3.63, 3.8) is 0 Å². The number of ketones is 1. The predicted octanol–water partition coefficient (Wildman–Crippen LogP) is 2.72. The first kappa shape index (κ1) is 12.6. The summed E-state index contributed by atoms with van der Waals surface area (Å²) in [6.45, 7) is 0. The van der Waals surface area contributed by atoms with Gasteiger partial charge in [0, 0.05) is 12.0 Å². The van der Waals surface area contributed by atoms with Gasteiger partial charge in [0.05, 0.1) is 10.0 Å². The average molecular weight is 304 g/mol. The SMILES string of the molecule is NC1(C(=O)Cc2c(F)ccc(Br)c2F)CCC1. The third-order valence-electron chi connectivity index (χ3n) is 3.28. The van der Waals surface area contributed by atoms with Gasteiger partial charge in [0.1, 0.15) is 11.6 Å². The molecule has 1 saturated carbocycles. The molecule has 0 radical (unpaired) electrons. The van der Waals surface area contributed by atoms with Crippen LogP contribution in [0.5, 0.6) is 0 Å². The van der Waals surface area contributed by atoms with Crippen LogP contribution in [0.1, 0.15) is 24.8 Å². The third-order valence-corrected chi connectivity index (χ3v) is 3.89. The summed E-state index contributed by atoms with van der Waals surface area (Å²) < 4.78 is 27.3. The number of hydrogen-bond acceptors (Lipinski definition) is 2. The van der Waals surface area contributed by atoms with E-state index in [1.54, 1.807) is 0 Å². The first-order valence-electron chi connectivity index (χ1n) is 5.38. The molecule has 0 aromatic heterocycles. The Morgan fingerprint density at radius 2 is 2.06 bits per heavy atom. The zero-order valence-electron chi connectivity index (χ0n) is 9.10. The molecule has 1 aromatic rings. The largest absolute Gasteiger partial charge is 0.319 e. The topological polar surface area (TPSA) is 43.1 Å². The predicted molar refractivity (Wildman–Crippen MR) is 63.5 cm³/mol. The smallest absolute Gasteiger partial charge is 0.157 e. The molecule has 0 amide bonds. The van der Waals surface area contributed by atoms with Crippen molar-refractivity contribution in [1.29, 1.82) is 0 Å². The van der Waals surface area contributed by atoms with Crippen LogP contribution in [0, 0.1) is 11.6 Å². The Morgan fingerprint density at radius 3 is 2.59 bits per heavy atom. The monoisotopic (exact) mass is 303 g/mol. The molecule has 17 heavy (non-hydrogen) atoms. The number of carbonyl (C=O) groups excluding carboxylic acids is 1. The lowest BCUT2D eigenvalue weighted by molar-refractivity contribution is -0.126. The van der Waals surface area contributed by atoms with Crippen molar-refractivity contribution in [2.75, 3.05) is 0 Å². The van der Waals surface area contributed by atoms with Crippen LogP contribution in [-0.2, 0) is 11.2 Å². The fourth-order valence-electron chi connectivity index (χ4n) is 1.90. The summed E-state index contributed by atoms with van der Waals surface area (Å²) in [5.41, 5.74) is 4.75. The van der Waals surface area contributed by atoms with Gasteiger partial charge in [0.25, 0.3) is 0 Å². The highest BCUT2D eigenvalue weighted by atomic mass is 79.9. The van der Waals surface area contributed by atoms with Crippen molar-refractivity contribution >= 4 is 21.7 Å². The van der Waals surface area contributed by atoms with Crippen LogP contribution in [0.4, 0.5) is 8.78 Å². The van der Waals surface area contributed by atoms with Gasteiger partial charge in [-0.25, -0.2) is 8.78 Å². The first-order chi connectivity index (χ1) is 7.94. The van der Waals surface area contributed by atoms with Crippen LogP contribution < -0.4 is 5.73 Å². The molecule has 1 aliphatic carbocycles. The summed E-state index contributed by atoms with van der Waals surface area (Å²) in [5, 5.41) is 0. The zero-order chi connectivity index (χ0) is 12.6. The Hall–Kier alpha value is -0.810. The zero-order valence-corrected chi connectivity index (χ0v) is 10.7. The van der Waals surface area contributed by atoms with E-state index in [2.05, 4.69) is 15.9 Å². The second-order valence-electron chi connectivity index (χ2n) is 4.43. The Bertz CT molecular complexity index is 472. The summed E-state index contributed by atoms with van der Waals surface area (Å²) in [4.78, 5) is 11.9. The number of hydrogen-bond donors (Lipinski definition) is 1. The van der Waals surface area contributed by atoms with E-state index in [1.165, 1.54) is 6.07 Å². The minimum atomic E-state index is -0.874. The molecule has 0 saturated heterocycles. The highest BCUT2D eigenvalue weighted by Gasteiger charge is 2.40. The van der Waals surface area contributed by atoms with E-state index in [0.717, 1.165) is 12.5 Å². The molecule has 1 fully saturated rings. The fourth-order valence-corrected chi connectivity index (χ4v) is 2.28.